The van der Waals surface area contributed by atoms with E-state index in [9.17, 15) is 9.59 Å². The fourth-order valence-electron chi connectivity index (χ4n) is 4.94. The lowest BCUT2D eigenvalue weighted by Crippen LogP contribution is -2.36. The lowest BCUT2D eigenvalue weighted by Gasteiger charge is -2.22. The molecule has 0 saturated heterocycles. The van der Waals surface area contributed by atoms with E-state index in [2.05, 4.69) is 42.8 Å². The number of H-pyrrole nitrogens is 1. The van der Waals surface area contributed by atoms with Crippen molar-refractivity contribution < 1.29 is 14.3 Å². The number of hydrogen-bond donors (Lipinski definition) is 4. The van der Waals surface area contributed by atoms with Crippen LogP contribution < -0.4 is 20.7 Å². The Hall–Kier alpha value is -3.86. The van der Waals surface area contributed by atoms with Gasteiger partial charge in [0.2, 0.25) is 0 Å². The predicted molar refractivity (Wildman–Crippen MR) is 142 cm³/mol. The summed E-state index contributed by atoms with van der Waals surface area (Å²) >= 11 is 0. The highest BCUT2D eigenvalue weighted by atomic mass is 16.5. The van der Waals surface area contributed by atoms with E-state index in [1.165, 1.54) is 6.33 Å². The van der Waals surface area contributed by atoms with E-state index < -0.39 is 0 Å². The Labute approximate surface area is 216 Å². The van der Waals surface area contributed by atoms with Crippen LogP contribution in [0.25, 0.3) is 11.0 Å². The molecule has 1 aliphatic carbocycles. The van der Waals surface area contributed by atoms with Gasteiger partial charge in [0.1, 0.15) is 23.5 Å². The molecule has 3 amide bonds. The van der Waals surface area contributed by atoms with Crippen LogP contribution in [0.5, 0.6) is 5.75 Å². The average Bonchev–Trinajstić information content (AvgIpc) is 3.53. The van der Waals surface area contributed by atoms with Crippen molar-refractivity contribution in [3.8, 4) is 5.75 Å². The number of benzene rings is 1. The molecular formula is C26H34N8O3. The van der Waals surface area contributed by atoms with Gasteiger partial charge >= 0.3 is 6.03 Å². The van der Waals surface area contributed by atoms with E-state index >= 15 is 0 Å². The summed E-state index contributed by atoms with van der Waals surface area (Å²) < 4.78 is 5.96. The smallest absolute Gasteiger partial charge is 0.319 e. The van der Waals surface area contributed by atoms with Crippen LogP contribution in [-0.2, 0) is 11.3 Å². The molecule has 0 spiro atoms. The number of hydrogen-bond acceptors (Lipinski definition) is 7. The molecule has 0 radical (unpaired) electrons. The van der Waals surface area contributed by atoms with E-state index in [-0.39, 0.29) is 24.6 Å². The Balaban J connectivity index is 1.45. The van der Waals surface area contributed by atoms with E-state index in [1.54, 1.807) is 24.1 Å². The molecule has 1 fully saturated rings. The van der Waals surface area contributed by atoms with Gasteiger partial charge in [-0.05, 0) is 50.6 Å². The molecule has 37 heavy (non-hydrogen) atoms. The highest BCUT2D eigenvalue weighted by Gasteiger charge is 2.20. The SMILES string of the molecule is CN1CCCN(C)C(=O)COc2cc(ccc2NC(=O)NC2CCCC2)Nc2ncnc3[nH]cc(c23)C1. The van der Waals surface area contributed by atoms with Crippen molar-refractivity contribution >= 4 is 40.2 Å². The van der Waals surface area contributed by atoms with Gasteiger partial charge < -0.3 is 35.5 Å². The molecule has 196 valence electrons. The second-order valence-corrected chi connectivity index (χ2v) is 9.87. The monoisotopic (exact) mass is 506 g/mol. The van der Waals surface area contributed by atoms with E-state index in [4.69, 9.17) is 4.74 Å². The molecule has 2 aliphatic rings. The Morgan fingerprint density at radius 2 is 1.97 bits per heavy atom. The van der Waals surface area contributed by atoms with Crippen LogP contribution in [0.1, 0.15) is 37.7 Å². The first-order chi connectivity index (χ1) is 18.0. The molecule has 4 N–H and O–H groups in total. The number of urea groups is 1. The summed E-state index contributed by atoms with van der Waals surface area (Å²) in [6.07, 6.45) is 8.55. The summed E-state index contributed by atoms with van der Waals surface area (Å²) in [6.45, 7) is 2.03. The number of likely N-dealkylation sites (N-methyl/N-ethyl adjacent to an activating group) is 1. The van der Waals surface area contributed by atoms with Crippen LogP contribution in [0, 0.1) is 0 Å². The van der Waals surface area contributed by atoms with Crippen LogP contribution >= 0.6 is 0 Å². The standard InChI is InChI=1S/C26H34N8O3/c1-33-10-5-11-34(2)22(35)15-37-21-12-19(8-9-20(21)32-26(36)31-18-6-3-4-7-18)30-25-23-17(14-33)13-27-24(23)28-16-29-25/h8-9,12-13,16,18H,3-7,10-11,14-15H2,1-2H3,(H2,31,32,36)(H2,27,28,29,30). The molecule has 3 heterocycles. The third-order valence-corrected chi connectivity index (χ3v) is 6.98. The summed E-state index contributed by atoms with van der Waals surface area (Å²) in [7, 11) is 3.84. The van der Waals surface area contributed by atoms with Gasteiger partial charge in [0, 0.05) is 44.1 Å². The zero-order valence-corrected chi connectivity index (χ0v) is 21.3. The van der Waals surface area contributed by atoms with E-state index in [0.717, 1.165) is 55.2 Å². The van der Waals surface area contributed by atoms with Crippen LogP contribution in [0.3, 0.4) is 0 Å². The van der Waals surface area contributed by atoms with E-state index in [0.29, 0.717) is 36.0 Å². The normalized spacial score (nSPS) is 17.9. The zero-order valence-electron chi connectivity index (χ0n) is 21.3. The Morgan fingerprint density at radius 3 is 2.81 bits per heavy atom. The quantitative estimate of drug-likeness (QED) is 0.419. The number of rotatable bonds is 2. The highest BCUT2D eigenvalue weighted by Crippen LogP contribution is 2.32. The van der Waals surface area contributed by atoms with Crippen LogP contribution in [0.4, 0.5) is 22.0 Å². The summed E-state index contributed by atoms with van der Waals surface area (Å²) in [5.74, 6) is 0.947. The number of nitrogens with one attached hydrogen (secondary N) is 4. The first kappa shape index (κ1) is 24.8. The number of nitrogens with zero attached hydrogens (tertiary/aromatic N) is 4. The fraction of sp³-hybridized carbons (Fsp3) is 0.462. The lowest BCUT2D eigenvalue weighted by molar-refractivity contribution is -0.132. The van der Waals surface area contributed by atoms with Crippen molar-refractivity contribution in [3.05, 3.63) is 36.3 Å². The average molecular weight is 507 g/mol. The van der Waals surface area contributed by atoms with Gasteiger partial charge in [-0.3, -0.25) is 4.79 Å². The molecule has 5 rings (SSSR count). The highest BCUT2D eigenvalue weighted by molar-refractivity contribution is 5.94. The first-order valence-electron chi connectivity index (χ1n) is 12.8. The van der Waals surface area contributed by atoms with Gasteiger partial charge in [0.25, 0.3) is 5.91 Å². The number of carbonyl (C=O) groups excluding carboxylic acids is 2. The molecule has 1 saturated carbocycles. The molecule has 11 nitrogen and oxygen atoms in total. The van der Waals surface area contributed by atoms with Crippen molar-refractivity contribution in [1.29, 1.82) is 0 Å². The van der Waals surface area contributed by atoms with Crippen molar-refractivity contribution in [3.63, 3.8) is 0 Å². The third-order valence-electron chi connectivity index (χ3n) is 6.98. The van der Waals surface area contributed by atoms with Crippen molar-refractivity contribution in [1.82, 2.24) is 30.1 Å². The Kier molecular flexibility index (Phi) is 7.40. The minimum atomic E-state index is -0.276. The second-order valence-electron chi connectivity index (χ2n) is 9.87. The summed E-state index contributed by atoms with van der Waals surface area (Å²) in [6, 6.07) is 5.31. The van der Waals surface area contributed by atoms with Gasteiger partial charge in [-0.2, -0.15) is 0 Å². The molecule has 11 heteroatoms. The molecule has 1 aromatic carbocycles. The maximum absolute atomic E-state index is 12.8. The van der Waals surface area contributed by atoms with Gasteiger partial charge in [-0.15, -0.1) is 0 Å². The topological polar surface area (TPSA) is 128 Å². The summed E-state index contributed by atoms with van der Waals surface area (Å²) in [5.41, 5.74) is 3.04. The molecule has 0 unspecified atom stereocenters. The van der Waals surface area contributed by atoms with Crippen LogP contribution in [0.2, 0.25) is 0 Å². The van der Waals surface area contributed by atoms with Crippen LogP contribution in [-0.4, -0.2) is 76.5 Å². The van der Waals surface area contributed by atoms with Gasteiger partial charge in [0.15, 0.2) is 6.61 Å². The number of carbonyl (C=O) groups is 2. The van der Waals surface area contributed by atoms with Crippen molar-refractivity contribution in [2.45, 2.75) is 44.7 Å². The maximum Gasteiger partial charge on any atom is 0.319 e. The number of aromatic amines is 1. The van der Waals surface area contributed by atoms with Crippen LogP contribution in [0.15, 0.2) is 30.7 Å². The Morgan fingerprint density at radius 1 is 1.14 bits per heavy atom. The lowest BCUT2D eigenvalue weighted by atomic mass is 10.2. The van der Waals surface area contributed by atoms with Crippen molar-refractivity contribution in [2.75, 3.05) is 44.4 Å². The molecule has 3 aromatic rings. The molecule has 2 bridgehead atoms. The number of aromatic nitrogens is 3. The maximum atomic E-state index is 12.8. The minimum absolute atomic E-state index is 0.125. The van der Waals surface area contributed by atoms with Gasteiger partial charge in [0.05, 0.1) is 11.1 Å². The van der Waals surface area contributed by atoms with Gasteiger partial charge in [-0.1, -0.05) is 12.8 Å². The molecule has 1 aliphatic heterocycles. The minimum Gasteiger partial charge on any atom is -0.482 e. The second kappa shape index (κ2) is 11.0. The summed E-state index contributed by atoms with van der Waals surface area (Å²) in [4.78, 5) is 41.4. The predicted octanol–water partition coefficient (Wildman–Crippen LogP) is 3.44. The fourth-order valence-corrected chi connectivity index (χ4v) is 4.94. The number of amides is 3. The Bertz CT molecular complexity index is 1270. The molecule has 0 atom stereocenters. The van der Waals surface area contributed by atoms with Crippen molar-refractivity contribution in [2.24, 2.45) is 0 Å². The van der Waals surface area contributed by atoms with E-state index in [1.807, 2.05) is 12.3 Å². The third kappa shape index (κ3) is 5.93. The number of anilines is 3. The van der Waals surface area contributed by atoms with Gasteiger partial charge in [-0.25, -0.2) is 14.8 Å². The first-order valence-corrected chi connectivity index (χ1v) is 12.8. The molecular weight excluding hydrogens is 472 g/mol. The zero-order chi connectivity index (χ0) is 25.8. The summed E-state index contributed by atoms with van der Waals surface area (Å²) in [5, 5.41) is 10.2. The largest absolute Gasteiger partial charge is 0.482 e. The number of ether oxygens (including phenoxy) is 1. The number of fused-ring (bicyclic) bond motifs is 2. The molecule has 2 aromatic heterocycles.